The lowest BCUT2D eigenvalue weighted by Gasteiger charge is -2.16. The molecule has 3 aromatic rings. The highest BCUT2D eigenvalue weighted by molar-refractivity contribution is 7.14. The average Bonchev–Trinajstić information content (AvgIpc) is 3.20. The first-order valence-electron chi connectivity index (χ1n) is 9.50. The smallest absolute Gasteiger partial charge is 0.226 e. The zero-order chi connectivity index (χ0) is 19.3. The van der Waals surface area contributed by atoms with E-state index in [1.54, 1.807) is 12.4 Å². The van der Waals surface area contributed by atoms with Crippen LogP contribution in [0, 0.1) is 0 Å². The van der Waals surface area contributed by atoms with Crippen molar-refractivity contribution in [3.8, 4) is 11.3 Å². The predicted molar refractivity (Wildman–Crippen MR) is 111 cm³/mol. The number of carbonyl (C=O) groups is 2. The second-order valence-electron chi connectivity index (χ2n) is 6.94. The Hall–Kier alpha value is -2.86. The molecule has 0 aliphatic heterocycles. The molecule has 28 heavy (non-hydrogen) atoms. The molecule has 1 N–H and O–H groups in total. The Morgan fingerprint density at radius 1 is 1.07 bits per heavy atom. The Kier molecular flexibility index (Phi) is 5.58. The van der Waals surface area contributed by atoms with Gasteiger partial charge in [0.2, 0.25) is 5.91 Å². The molecule has 0 fully saturated rings. The van der Waals surface area contributed by atoms with E-state index < -0.39 is 0 Å². The Morgan fingerprint density at radius 3 is 2.75 bits per heavy atom. The summed E-state index contributed by atoms with van der Waals surface area (Å²) in [7, 11) is 0. The lowest BCUT2D eigenvalue weighted by molar-refractivity contribution is -0.116. The van der Waals surface area contributed by atoms with Gasteiger partial charge in [0.15, 0.2) is 10.9 Å². The third kappa shape index (κ3) is 4.34. The predicted octanol–water partition coefficient (Wildman–Crippen LogP) is 4.69. The number of Topliss-reactive ketones (excluding diaryl/α,β-unsaturated/α-hetero) is 1. The van der Waals surface area contributed by atoms with Crippen molar-refractivity contribution in [3.05, 3.63) is 64.8 Å². The van der Waals surface area contributed by atoms with Gasteiger partial charge in [0.1, 0.15) is 0 Å². The number of pyridine rings is 1. The fourth-order valence-electron chi connectivity index (χ4n) is 3.44. The Bertz CT molecular complexity index is 998. The fourth-order valence-corrected chi connectivity index (χ4v) is 4.17. The quantitative estimate of drug-likeness (QED) is 0.619. The summed E-state index contributed by atoms with van der Waals surface area (Å²) in [4.78, 5) is 33.2. The monoisotopic (exact) mass is 391 g/mol. The van der Waals surface area contributed by atoms with E-state index in [1.807, 2.05) is 29.6 Å². The van der Waals surface area contributed by atoms with E-state index in [1.165, 1.54) is 35.3 Å². The standard InChI is InChI=1S/C22H21N3O2S/c26-20(17-8-7-15-4-1-2-5-16(15)12-17)9-10-21(27)25-22-24-19(14-28-22)18-6-3-11-23-13-18/h3,6-8,11-14H,1-2,4-5,9-10H2,(H,24,25,27). The summed E-state index contributed by atoms with van der Waals surface area (Å²) in [6.07, 6.45) is 8.34. The number of thiazole rings is 1. The van der Waals surface area contributed by atoms with Gasteiger partial charge in [-0.2, -0.15) is 0 Å². The molecule has 4 rings (SSSR count). The number of carbonyl (C=O) groups excluding carboxylic acids is 2. The molecule has 0 atom stereocenters. The highest BCUT2D eigenvalue weighted by Crippen LogP contribution is 2.25. The van der Waals surface area contributed by atoms with E-state index in [0.29, 0.717) is 10.7 Å². The number of hydrogen-bond acceptors (Lipinski definition) is 5. The second-order valence-corrected chi connectivity index (χ2v) is 7.80. The largest absolute Gasteiger partial charge is 0.302 e. The molecule has 6 heteroatoms. The number of aryl methyl sites for hydroxylation is 2. The molecule has 0 saturated heterocycles. The van der Waals surface area contributed by atoms with Gasteiger partial charge in [0, 0.05) is 41.7 Å². The van der Waals surface area contributed by atoms with Gasteiger partial charge in [-0.1, -0.05) is 12.1 Å². The lowest BCUT2D eigenvalue weighted by atomic mass is 9.89. The van der Waals surface area contributed by atoms with Gasteiger partial charge in [0.25, 0.3) is 0 Å². The van der Waals surface area contributed by atoms with Crippen molar-refractivity contribution >= 4 is 28.2 Å². The minimum Gasteiger partial charge on any atom is -0.302 e. The molecule has 1 aliphatic rings. The molecule has 142 valence electrons. The number of benzene rings is 1. The Morgan fingerprint density at radius 2 is 1.93 bits per heavy atom. The molecular weight excluding hydrogens is 370 g/mol. The van der Waals surface area contributed by atoms with E-state index in [-0.39, 0.29) is 24.5 Å². The van der Waals surface area contributed by atoms with Crippen LogP contribution in [0.25, 0.3) is 11.3 Å². The van der Waals surface area contributed by atoms with Gasteiger partial charge in [-0.05, 0) is 55.0 Å². The van der Waals surface area contributed by atoms with Gasteiger partial charge in [-0.25, -0.2) is 4.98 Å². The number of ketones is 1. The molecule has 1 aliphatic carbocycles. The molecule has 2 aromatic heterocycles. The summed E-state index contributed by atoms with van der Waals surface area (Å²) in [5.74, 6) is -0.183. The van der Waals surface area contributed by atoms with Crippen LogP contribution < -0.4 is 5.32 Å². The molecule has 0 saturated carbocycles. The summed E-state index contributed by atoms with van der Waals surface area (Å²) in [6, 6.07) is 9.74. The molecule has 0 spiro atoms. The molecule has 0 radical (unpaired) electrons. The molecule has 0 unspecified atom stereocenters. The minimum atomic E-state index is -0.196. The van der Waals surface area contributed by atoms with E-state index in [9.17, 15) is 9.59 Å². The number of aromatic nitrogens is 2. The number of nitrogens with zero attached hydrogens (tertiary/aromatic N) is 2. The van der Waals surface area contributed by atoms with Crippen LogP contribution in [0.15, 0.2) is 48.1 Å². The summed E-state index contributed by atoms with van der Waals surface area (Å²) in [5, 5.41) is 5.20. The highest BCUT2D eigenvalue weighted by atomic mass is 32.1. The molecule has 1 aromatic carbocycles. The van der Waals surface area contributed by atoms with Crippen molar-refractivity contribution in [1.82, 2.24) is 9.97 Å². The number of nitrogens with one attached hydrogen (secondary N) is 1. The van der Waals surface area contributed by atoms with Crippen molar-refractivity contribution in [2.24, 2.45) is 0 Å². The molecule has 5 nitrogen and oxygen atoms in total. The number of rotatable bonds is 6. The third-order valence-corrected chi connectivity index (χ3v) is 5.72. The number of hydrogen-bond donors (Lipinski definition) is 1. The summed E-state index contributed by atoms with van der Waals surface area (Å²) < 4.78 is 0. The van der Waals surface area contributed by atoms with E-state index >= 15 is 0 Å². The van der Waals surface area contributed by atoms with Crippen LogP contribution in [0.3, 0.4) is 0 Å². The number of anilines is 1. The van der Waals surface area contributed by atoms with Gasteiger partial charge in [0.05, 0.1) is 5.69 Å². The maximum absolute atomic E-state index is 12.5. The Balaban J connectivity index is 1.32. The third-order valence-electron chi connectivity index (χ3n) is 4.96. The first kappa shape index (κ1) is 18.5. The minimum absolute atomic E-state index is 0.0127. The zero-order valence-corrected chi connectivity index (χ0v) is 16.3. The van der Waals surface area contributed by atoms with Gasteiger partial charge in [-0.3, -0.25) is 14.6 Å². The first-order chi connectivity index (χ1) is 13.7. The van der Waals surface area contributed by atoms with E-state index in [0.717, 1.165) is 24.1 Å². The van der Waals surface area contributed by atoms with Gasteiger partial charge < -0.3 is 5.32 Å². The second kappa shape index (κ2) is 8.44. The lowest BCUT2D eigenvalue weighted by Crippen LogP contribution is -2.14. The van der Waals surface area contributed by atoms with Crippen molar-refractivity contribution in [3.63, 3.8) is 0 Å². The van der Waals surface area contributed by atoms with Crippen molar-refractivity contribution in [2.45, 2.75) is 38.5 Å². The maximum atomic E-state index is 12.5. The molecular formula is C22H21N3O2S. The topological polar surface area (TPSA) is 72.0 Å². The molecule has 1 amide bonds. The molecule has 0 bridgehead atoms. The van der Waals surface area contributed by atoms with Crippen molar-refractivity contribution in [2.75, 3.05) is 5.32 Å². The zero-order valence-electron chi connectivity index (χ0n) is 15.5. The van der Waals surface area contributed by atoms with Crippen LogP contribution in [0.2, 0.25) is 0 Å². The van der Waals surface area contributed by atoms with Gasteiger partial charge >= 0.3 is 0 Å². The Labute approximate surface area is 167 Å². The fraction of sp³-hybridized carbons (Fsp3) is 0.273. The maximum Gasteiger partial charge on any atom is 0.226 e. The van der Waals surface area contributed by atoms with Gasteiger partial charge in [-0.15, -0.1) is 11.3 Å². The highest BCUT2D eigenvalue weighted by Gasteiger charge is 2.15. The number of fused-ring (bicyclic) bond motifs is 1. The van der Waals surface area contributed by atoms with Crippen LogP contribution in [-0.4, -0.2) is 21.7 Å². The van der Waals surface area contributed by atoms with Crippen LogP contribution in [0.5, 0.6) is 0 Å². The summed E-state index contributed by atoms with van der Waals surface area (Å²) >= 11 is 1.36. The van der Waals surface area contributed by atoms with Crippen molar-refractivity contribution in [1.29, 1.82) is 0 Å². The first-order valence-corrected chi connectivity index (χ1v) is 10.4. The van der Waals surface area contributed by atoms with Crippen molar-refractivity contribution < 1.29 is 9.59 Å². The summed E-state index contributed by atoms with van der Waals surface area (Å²) in [6.45, 7) is 0. The average molecular weight is 391 g/mol. The normalized spacial score (nSPS) is 13.0. The molecule has 2 heterocycles. The van der Waals surface area contributed by atoms with Crippen LogP contribution in [-0.2, 0) is 17.6 Å². The number of amides is 1. The van der Waals surface area contributed by atoms with E-state index in [2.05, 4.69) is 21.4 Å². The van der Waals surface area contributed by atoms with Crippen LogP contribution in [0.4, 0.5) is 5.13 Å². The SMILES string of the molecule is O=C(CCC(=O)c1ccc2c(c1)CCCC2)Nc1nc(-c2cccnc2)cs1. The van der Waals surface area contributed by atoms with Crippen LogP contribution >= 0.6 is 11.3 Å². The van der Waals surface area contributed by atoms with E-state index in [4.69, 9.17) is 0 Å². The summed E-state index contributed by atoms with van der Waals surface area (Å²) in [5.41, 5.74) is 5.03. The van der Waals surface area contributed by atoms with Crippen LogP contribution in [0.1, 0.15) is 47.2 Å².